The van der Waals surface area contributed by atoms with Gasteiger partial charge in [0.2, 0.25) is 11.7 Å². The van der Waals surface area contributed by atoms with Crippen LogP contribution in [-0.2, 0) is 9.53 Å². The van der Waals surface area contributed by atoms with Crippen molar-refractivity contribution >= 4 is 5.91 Å². The molecule has 1 amide bonds. The summed E-state index contributed by atoms with van der Waals surface area (Å²) in [6.45, 7) is 1.66. The van der Waals surface area contributed by atoms with E-state index in [4.69, 9.17) is 9.26 Å². The fourth-order valence-corrected chi connectivity index (χ4v) is 3.50. The smallest absolute Gasteiger partial charge is 0.258 e. The highest BCUT2D eigenvalue weighted by Crippen LogP contribution is 2.29. The average molecular weight is 327 g/mol. The van der Waals surface area contributed by atoms with Gasteiger partial charge >= 0.3 is 0 Å². The lowest BCUT2D eigenvalue weighted by molar-refractivity contribution is -0.143. The van der Waals surface area contributed by atoms with Crippen molar-refractivity contribution in [2.24, 2.45) is 5.92 Å². The molecular weight excluding hydrogens is 306 g/mol. The zero-order valence-corrected chi connectivity index (χ0v) is 13.6. The first-order valence-electron chi connectivity index (χ1n) is 8.60. The largest absolute Gasteiger partial charge is 0.366 e. The van der Waals surface area contributed by atoms with Crippen LogP contribution in [0.3, 0.4) is 0 Å². The van der Waals surface area contributed by atoms with E-state index in [1.807, 2.05) is 35.2 Å². The van der Waals surface area contributed by atoms with Crippen LogP contribution in [-0.4, -0.2) is 40.6 Å². The minimum atomic E-state index is -0.315. The molecule has 1 unspecified atom stereocenters. The quantitative estimate of drug-likeness (QED) is 0.867. The predicted octanol–water partition coefficient (Wildman–Crippen LogP) is 2.83. The molecule has 2 aliphatic rings. The van der Waals surface area contributed by atoms with Crippen LogP contribution in [0.25, 0.3) is 11.5 Å². The molecule has 1 saturated heterocycles. The number of carbonyl (C=O) groups is 1. The number of rotatable bonds is 3. The first kappa shape index (κ1) is 15.3. The van der Waals surface area contributed by atoms with Gasteiger partial charge in [0.1, 0.15) is 6.10 Å². The van der Waals surface area contributed by atoms with Crippen LogP contribution in [0.2, 0.25) is 0 Å². The van der Waals surface area contributed by atoms with Crippen LogP contribution in [0.1, 0.15) is 37.6 Å². The Balaban J connectivity index is 1.46. The molecule has 24 heavy (non-hydrogen) atoms. The number of nitrogens with zero attached hydrogens (tertiary/aromatic N) is 3. The summed E-state index contributed by atoms with van der Waals surface area (Å²) < 4.78 is 11.1. The maximum Gasteiger partial charge on any atom is 0.258 e. The molecule has 0 radical (unpaired) electrons. The van der Waals surface area contributed by atoms with Gasteiger partial charge in [-0.25, -0.2) is 0 Å². The van der Waals surface area contributed by atoms with Crippen molar-refractivity contribution in [1.82, 2.24) is 15.0 Å². The van der Waals surface area contributed by atoms with Crippen molar-refractivity contribution in [3.63, 3.8) is 0 Å². The summed E-state index contributed by atoms with van der Waals surface area (Å²) in [6, 6.07) is 9.65. The van der Waals surface area contributed by atoms with Gasteiger partial charge in [-0.3, -0.25) is 4.79 Å². The van der Waals surface area contributed by atoms with Crippen molar-refractivity contribution in [3.8, 4) is 11.5 Å². The fourth-order valence-electron chi connectivity index (χ4n) is 3.50. The molecule has 6 heteroatoms. The lowest BCUT2D eigenvalue weighted by Gasteiger charge is -2.33. The zero-order chi connectivity index (χ0) is 16.4. The maximum atomic E-state index is 12.6. The third-order valence-corrected chi connectivity index (χ3v) is 4.83. The normalized spacial score (nSPS) is 22.0. The molecule has 0 bridgehead atoms. The minimum absolute atomic E-state index is 0.189. The van der Waals surface area contributed by atoms with Gasteiger partial charge in [0.15, 0.2) is 0 Å². The standard InChI is InChI=1S/C18H21N3O3/c22-18(14-8-4-5-9-14)21-10-11-23-15(12-21)16-19-17(24-20-16)13-6-2-1-3-7-13/h1-3,6-7,14-15H,4-5,8-12H2. The highest BCUT2D eigenvalue weighted by atomic mass is 16.5. The Kier molecular flexibility index (Phi) is 4.30. The van der Waals surface area contributed by atoms with Gasteiger partial charge in [0.05, 0.1) is 13.2 Å². The van der Waals surface area contributed by atoms with E-state index in [1.54, 1.807) is 0 Å². The van der Waals surface area contributed by atoms with Gasteiger partial charge in [0.25, 0.3) is 5.89 Å². The lowest BCUT2D eigenvalue weighted by Crippen LogP contribution is -2.44. The molecule has 1 aliphatic carbocycles. The topological polar surface area (TPSA) is 68.5 Å². The summed E-state index contributed by atoms with van der Waals surface area (Å²) in [5.41, 5.74) is 0.881. The number of hydrogen-bond donors (Lipinski definition) is 0. The minimum Gasteiger partial charge on any atom is -0.366 e. The first-order chi connectivity index (χ1) is 11.8. The van der Waals surface area contributed by atoms with E-state index < -0.39 is 0 Å². The summed E-state index contributed by atoms with van der Waals surface area (Å²) >= 11 is 0. The van der Waals surface area contributed by atoms with E-state index in [2.05, 4.69) is 10.1 Å². The second-order valence-corrected chi connectivity index (χ2v) is 6.45. The van der Waals surface area contributed by atoms with Gasteiger partial charge in [-0.15, -0.1) is 0 Å². The van der Waals surface area contributed by atoms with Gasteiger partial charge in [-0.05, 0) is 25.0 Å². The van der Waals surface area contributed by atoms with Crippen LogP contribution >= 0.6 is 0 Å². The van der Waals surface area contributed by atoms with Crippen molar-refractivity contribution < 1.29 is 14.1 Å². The molecule has 1 aromatic heterocycles. The highest BCUT2D eigenvalue weighted by Gasteiger charge is 2.33. The van der Waals surface area contributed by atoms with Crippen LogP contribution in [0, 0.1) is 5.92 Å². The van der Waals surface area contributed by atoms with Crippen molar-refractivity contribution in [3.05, 3.63) is 36.2 Å². The Hall–Kier alpha value is -2.21. The molecule has 2 aromatic rings. The second kappa shape index (κ2) is 6.73. The number of ether oxygens (including phenoxy) is 1. The van der Waals surface area contributed by atoms with E-state index in [1.165, 1.54) is 0 Å². The Morgan fingerprint density at radius 3 is 2.75 bits per heavy atom. The number of amides is 1. The van der Waals surface area contributed by atoms with Crippen LogP contribution < -0.4 is 0 Å². The predicted molar refractivity (Wildman–Crippen MR) is 87.0 cm³/mol. The Labute approximate surface area is 140 Å². The van der Waals surface area contributed by atoms with Crippen LogP contribution in [0.15, 0.2) is 34.9 Å². The van der Waals surface area contributed by atoms with E-state index in [0.717, 1.165) is 31.2 Å². The van der Waals surface area contributed by atoms with Gasteiger partial charge in [0, 0.05) is 18.0 Å². The number of morpholine rings is 1. The summed E-state index contributed by atoms with van der Waals surface area (Å²) in [5, 5.41) is 4.06. The summed E-state index contributed by atoms with van der Waals surface area (Å²) in [4.78, 5) is 19.0. The molecule has 0 N–H and O–H groups in total. The Bertz CT molecular complexity index is 695. The molecule has 6 nitrogen and oxygen atoms in total. The molecule has 0 spiro atoms. The van der Waals surface area contributed by atoms with Crippen LogP contribution in [0.5, 0.6) is 0 Å². The van der Waals surface area contributed by atoms with Gasteiger partial charge in [-0.1, -0.05) is 36.2 Å². The maximum absolute atomic E-state index is 12.6. The molecule has 1 saturated carbocycles. The number of benzene rings is 1. The monoisotopic (exact) mass is 327 g/mol. The summed E-state index contributed by atoms with van der Waals surface area (Å²) in [6.07, 6.45) is 4.04. The van der Waals surface area contributed by atoms with Crippen molar-refractivity contribution in [1.29, 1.82) is 0 Å². The summed E-state index contributed by atoms with van der Waals surface area (Å²) in [5.74, 6) is 1.44. The summed E-state index contributed by atoms with van der Waals surface area (Å²) in [7, 11) is 0. The zero-order valence-electron chi connectivity index (χ0n) is 13.6. The third kappa shape index (κ3) is 3.06. The van der Waals surface area contributed by atoms with Gasteiger partial charge < -0.3 is 14.2 Å². The highest BCUT2D eigenvalue weighted by molar-refractivity contribution is 5.79. The van der Waals surface area contributed by atoms with Crippen molar-refractivity contribution in [2.45, 2.75) is 31.8 Å². The molecule has 126 valence electrons. The van der Waals surface area contributed by atoms with E-state index in [-0.39, 0.29) is 17.9 Å². The molecular formula is C18H21N3O3. The second-order valence-electron chi connectivity index (χ2n) is 6.45. The molecule has 1 aromatic carbocycles. The third-order valence-electron chi connectivity index (χ3n) is 4.83. The molecule has 4 rings (SSSR count). The molecule has 1 atom stereocenters. The van der Waals surface area contributed by atoms with Gasteiger partial charge in [-0.2, -0.15) is 4.98 Å². The Morgan fingerprint density at radius 1 is 1.17 bits per heavy atom. The lowest BCUT2D eigenvalue weighted by atomic mass is 10.1. The average Bonchev–Trinajstić information content (AvgIpc) is 3.34. The number of hydrogen-bond acceptors (Lipinski definition) is 5. The molecule has 2 heterocycles. The molecule has 2 fully saturated rings. The van der Waals surface area contributed by atoms with Crippen LogP contribution in [0.4, 0.5) is 0 Å². The molecule has 1 aliphatic heterocycles. The number of carbonyl (C=O) groups excluding carboxylic acids is 1. The first-order valence-corrected chi connectivity index (χ1v) is 8.60. The SMILES string of the molecule is O=C(C1CCCC1)N1CCOC(c2noc(-c3ccccc3)n2)C1. The van der Waals surface area contributed by atoms with E-state index in [0.29, 0.717) is 31.4 Å². The van der Waals surface area contributed by atoms with E-state index in [9.17, 15) is 4.79 Å². The Morgan fingerprint density at radius 2 is 1.96 bits per heavy atom. The van der Waals surface area contributed by atoms with E-state index >= 15 is 0 Å². The number of aromatic nitrogens is 2. The fraction of sp³-hybridized carbons (Fsp3) is 0.500. The van der Waals surface area contributed by atoms with Crippen molar-refractivity contribution in [2.75, 3.05) is 19.7 Å².